The monoisotopic (exact) mass is 1020 g/mol. The van der Waals surface area contributed by atoms with Gasteiger partial charge in [-0.3, -0.25) is 9.59 Å². The van der Waals surface area contributed by atoms with Crippen molar-refractivity contribution in [2.24, 2.45) is 23.7 Å². The molecular formula is C64H111NO8. The van der Waals surface area contributed by atoms with Gasteiger partial charge < -0.3 is 33.3 Å². The van der Waals surface area contributed by atoms with Crippen LogP contribution in [0.3, 0.4) is 0 Å². The van der Waals surface area contributed by atoms with Gasteiger partial charge in [0.25, 0.3) is 0 Å². The number of allylic oxidation sites excluding steroid dienone is 8. The molecule has 73 heavy (non-hydrogen) atoms. The first kappa shape index (κ1) is 69.7. The van der Waals surface area contributed by atoms with Crippen LogP contribution in [-0.2, 0) is 38.0 Å². The number of hydrogen-bond acceptors (Lipinski definition) is 9. The van der Waals surface area contributed by atoms with Gasteiger partial charge in [-0.2, -0.15) is 0 Å². The van der Waals surface area contributed by atoms with Crippen LogP contribution < -0.4 is 0 Å². The average molecular weight is 1020 g/mol. The zero-order valence-corrected chi connectivity index (χ0v) is 49.4. The summed E-state index contributed by atoms with van der Waals surface area (Å²) >= 11 is 0. The Kier molecular flexibility index (Phi) is 41.8. The maximum Gasteiger partial charge on any atom is 0.305 e. The molecule has 0 spiro atoms. The second kappa shape index (κ2) is 43.9. The Labute approximate surface area is 449 Å². The molecule has 0 aliphatic carbocycles. The number of ether oxygens (including phenoxy) is 6. The van der Waals surface area contributed by atoms with Crippen molar-refractivity contribution < 1.29 is 38.0 Å². The highest BCUT2D eigenvalue weighted by atomic mass is 16.7. The minimum Gasteiger partial charge on any atom is -0.466 e. The van der Waals surface area contributed by atoms with Gasteiger partial charge in [0.2, 0.25) is 0 Å². The SMILES string of the molecule is C=C(C)C(CC=C(C)C)COC(CCC(=O)OCCCCCCN(CCCC)CCCCCCOC(=O)CCC(OCC(CC=C(C)C)C(=C)C)OCC(CC=C(C)C)C(=C)C)OCC(CC=C(C)C)C(=C)C. The number of hydrogen-bond donors (Lipinski definition) is 0. The second-order valence-corrected chi connectivity index (χ2v) is 22.0. The predicted octanol–water partition coefficient (Wildman–Crippen LogP) is 16.8. The van der Waals surface area contributed by atoms with E-state index in [1.807, 2.05) is 27.7 Å². The summed E-state index contributed by atoms with van der Waals surface area (Å²) in [5.41, 5.74) is 9.37. The zero-order valence-electron chi connectivity index (χ0n) is 49.4. The molecule has 0 rings (SSSR count). The van der Waals surface area contributed by atoms with Crippen molar-refractivity contribution >= 4 is 11.9 Å². The molecule has 9 heteroatoms. The van der Waals surface area contributed by atoms with Gasteiger partial charge in [0.05, 0.1) is 52.5 Å². The summed E-state index contributed by atoms with van der Waals surface area (Å²) in [6.07, 6.45) is 23.3. The van der Waals surface area contributed by atoms with Crippen LogP contribution in [0.4, 0.5) is 0 Å². The fourth-order valence-electron chi connectivity index (χ4n) is 7.77. The van der Waals surface area contributed by atoms with Crippen molar-refractivity contribution in [3.8, 4) is 0 Å². The first-order valence-corrected chi connectivity index (χ1v) is 28.3. The summed E-state index contributed by atoms with van der Waals surface area (Å²) in [7, 11) is 0. The topological polar surface area (TPSA) is 92.8 Å². The maximum atomic E-state index is 12.9. The molecule has 0 fully saturated rings. The molecule has 0 bridgehead atoms. The summed E-state index contributed by atoms with van der Waals surface area (Å²) in [5.74, 6) is 0.294. The lowest BCUT2D eigenvalue weighted by Crippen LogP contribution is -2.27. The van der Waals surface area contributed by atoms with Gasteiger partial charge in [-0.1, -0.05) is 134 Å². The Morgan fingerprint density at radius 1 is 0.411 bits per heavy atom. The quantitative estimate of drug-likeness (QED) is 0.0256. The third kappa shape index (κ3) is 40.6. The van der Waals surface area contributed by atoms with Crippen LogP contribution in [-0.4, -0.2) is 88.7 Å². The lowest BCUT2D eigenvalue weighted by atomic mass is 9.98. The molecule has 4 atom stereocenters. The van der Waals surface area contributed by atoms with E-state index in [4.69, 9.17) is 28.4 Å². The Bertz CT molecular complexity index is 1470. The molecule has 0 radical (unpaired) electrons. The minimum absolute atomic E-state index is 0.177. The van der Waals surface area contributed by atoms with E-state index in [0.717, 1.165) is 119 Å². The Morgan fingerprint density at radius 2 is 0.685 bits per heavy atom. The zero-order chi connectivity index (χ0) is 55.0. The van der Waals surface area contributed by atoms with Crippen LogP contribution in [0.15, 0.2) is 95.2 Å². The smallest absolute Gasteiger partial charge is 0.305 e. The van der Waals surface area contributed by atoms with Crippen LogP contribution in [0, 0.1) is 23.7 Å². The van der Waals surface area contributed by atoms with Crippen LogP contribution >= 0.6 is 0 Å². The van der Waals surface area contributed by atoms with E-state index in [-0.39, 0.29) is 48.5 Å². The van der Waals surface area contributed by atoms with Gasteiger partial charge in [-0.25, -0.2) is 0 Å². The Balaban J connectivity index is 4.85. The van der Waals surface area contributed by atoms with Gasteiger partial charge >= 0.3 is 11.9 Å². The normalized spacial score (nSPS) is 13.7. The molecule has 9 nitrogen and oxygen atoms in total. The van der Waals surface area contributed by atoms with E-state index < -0.39 is 12.6 Å². The fourth-order valence-corrected chi connectivity index (χ4v) is 7.77. The Morgan fingerprint density at radius 3 is 0.945 bits per heavy atom. The van der Waals surface area contributed by atoms with Crippen molar-refractivity contribution in [2.75, 3.05) is 59.3 Å². The molecule has 0 saturated carbocycles. The lowest BCUT2D eigenvalue weighted by Gasteiger charge is -2.25. The van der Waals surface area contributed by atoms with E-state index in [0.29, 0.717) is 52.5 Å². The summed E-state index contributed by atoms with van der Waals surface area (Å²) < 4.78 is 36.7. The highest BCUT2D eigenvalue weighted by molar-refractivity contribution is 5.69. The van der Waals surface area contributed by atoms with Crippen molar-refractivity contribution in [3.63, 3.8) is 0 Å². The second-order valence-electron chi connectivity index (χ2n) is 22.0. The molecule has 0 aromatic carbocycles. The highest BCUT2D eigenvalue weighted by Crippen LogP contribution is 2.23. The van der Waals surface area contributed by atoms with Crippen molar-refractivity contribution in [3.05, 3.63) is 95.2 Å². The number of nitrogens with zero attached hydrogens (tertiary/aromatic N) is 1. The van der Waals surface area contributed by atoms with Gasteiger partial charge in [-0.05, 0) is 161 Å². The summed E-state index contributed by atoms with van der Waals surface area (Å²) in [6, 6.07) is 0. The maximum absolute atomic E-state index is 12.9. The van der Waals surface area contributed by atoms with Gasteiger partial charge in [0, 0.05) is 36.5 Å². The first-order valence-electron chi connectivity index (χ1n) is 28.3. The molecular weight excluding hydrogens is 911 g/mol. The number of esters is 2. The summed E-state index contributed by atoms with van der Waals surface area (Å²) in [4.78, 5) is 28.4. The molecule has 420 valence electrons. The van der Waals surface area contributed by atoms with E-state index in [1.54, 1.807) is 0 Å². The first-order chi connectivity index (χ1) is 34.6. The molecule has 0 N–H and O–H groups in total. The van der Waals surface area contributed by atoms with Crippen LogP contribution in [0.5, 0.6) is 0 Å². The van der Waals surface area contributed by atoms with Crippen LogP contribution in [0.1, 0.15) is 206 Å². The molecule has 0 heterocycles. The van der Waals surface area contributed by atoms with Gasteiger partial charge in [0.15, 0.2) is 12.6 Å². The molecule has 0 aromatic rings. The van der Waals surface area contributed by atoms with E-state index in [1.165, 1.54) is 35.1 Å². The molecule has 0 amide bonds. The fraction of sp³-hybridized carbons (Fsp3) is 0.719. The standard InChI is InChI=1S/C64H111NO8/c1-18-19-40-65(41-24-20-22-26-43-68-61(66)36-38-63(70-45-57(53(10)11)32-28-49(2)3)71-46-58(54(12)13)33-29-50(4)5)42-25-21-23-27-44-69-62(67)37-39-64(72-47-59(55(14)15)34-30-51(6)7)73-48-60(56(16)17)35-31-52(8)9/h28-31,57-60,63-64H,10,12,14,16,18-27,32-48H2,1-9,11,13,15,17H3. The number of rotatable bonds is 47. The summed E-state index contributed by atoms with van der Waals surface area (Å²) in [5, 5.41) is 0. The number of carbonyl (C=O) groups excluding carboxylic acids is 2. The predicted molar refractivity (Wildman–Crippen MR) is 309 cm³/mol. The molecule has 0 aliphatic rings. The summed E-state index contributed by atoms with van der Waals surface area (Å²) in [6.45, 7) is 50.1. The van der Waals surface area contributed by atoms with Crippen LogP contribution in [0.25, 0.3) is 0 Å². The van der Waals surface area contributed by atoms with E-state index in [2.05, 4.69) is 118 Å². The Hall–Kier alpha value is -3.34. The van der Waals surface area contributed by atoms with Crippen molar-refractivity contribution in [2.45, 2.75) is 218 Å². The average Bonchev–Trinajstić information content (AvgIpc) is 3.31. The van der Waals surface area contributed by atoms with E-state index >= 15 is 0 Å². The minimum atomic E-state index is -0.514. The largest absolute Gasteiger partial charge is 0.466 e. The number of unbranched alkanes of at least 4 members (excludes halogenated alkanes) is 7. The van der Waals surface area contributed by atoms with Gasteiger partial charge in [-0.15, -0.1) is 0 Å². The molecule has 0 saturated heterocycles. The third-order valence-electron chi connectivity index (χ3n) is 13.2. The van der Waals surface area contributed by atoms with Crippen LogP contribution in [0.2, 0.25) is 0 Å². The molecule has 0 aliphatic heterocycles. The van der Waals surface area contributed by atoms with Gasteiger partial charge in [0.1, 0.15) is 0 Å². The van der Waals surface area contributed by atoms with E-state index in [9.17, 15) is 9.59 Å². The van der Waals surface area contributed by atoms with Crippen molar-refractivity contribution in [1.29, 1.82) is 0 Å². The highest BCUT2D eigenvalue weighted by Gasteiger charge is 2.21. The molecule has 4 unspecified atom stereocenters. The van der Waals surface area contributed by atoms with Crippen molar-refractivity contribution in [1.82, 2.24) is 4.90 Å². The lowest BCUT2D eigenvalue weighted by molar-refractivity contribution is -0.165. The number of carbonyl (C=O) groups is 2. The molecule has 0 aromatic heterocycles. The third-order valence-corrected chi connectivity index (χ3v) is 13.2.